The van der Waals surface area contributed by atoms with Gasteiger partial charge in [-0.2, -0.15) is 0 Å². The minimum absolute atomic E-state index is 0.0390. The van der Waals surface area contributed by atoms with Crippen LogP contribution in [0.15, 0.2) is 30.3 Å². The lowest BCUT2D eigenvalue weighted by Gasteiger charge is -1.97. The zero-order valence-electron chi connectivity index (χ0n) is 11.5. The van der Waals surface area contributed by atoms with Gasteiger partial charge in [0.05, 0.1) is 17.6 Å². The highest BCUT2D eigenvalue weighted by Gasteiger charge is 2.15. The van der Waals surface area contributed by atoms with Crippen LogP contribution in [0.25, 0.3) is 0 Å². The van der Waals surface area contributed by atoms with Gasteiger partial charge in [0, 0.05) is 5.56 Å². The molecule has 22 heavy (non-hydrogen) atoms. The van der Waals surface area contributed by atoms with Crippen molar-refractivity contribution in [3.05, 3.63) is 46.3 Å². The Bertz CT molecular complexity index is 769. The number of carboxylic acid groups (broad SMARTS) is 1. The molecule has 1 heterocycles. The maximum absolute atomic E-state index is 11.1. The normalized spacial score (nSPS) is 9.50. The van der Waals surface area contributed by atoms with E-state index in [1.807, 2.05) is 0 Å². The third kappa shape index (κ3) is 3.77. The monoisotopic (exact) mass is 316 g/mol. The maximum atomic E-state index is 11.1. The van der Waals surface area contributed by atoms with Crippen LogP contribution in [-0.4, -0.2) is 24.2 Å². The molecule has 2 aromatic rings. The first-order valence-corrected chi connectivity index (χ1v) is 6.91. The van der Waals surface area contributed by atoms with Crippen molar-refractivity contribution in [1.82, 2.24) is 0 Å². The Hall–Kier alpha value is -2.98. The molecule has 112 valence electrons. The fourth-order valence-corrected chi connectivity index (χ4v) is 2.53. The number of hydrogen-bond acceptors (Lipinski definition) is 4. The van der Waals surface area contributed by atoms with Crippen LogP contribution in [0.4, 0.5) is 9.80 Å². The number of nitrogens with one attached hydrogen (secondary N) is 1. The summed E-state index contributed by atoms with van der Waals surface area (Å²) in [5.41, 5.74) is 5.73. The van der Waals surface area contributed by atoms with Gasteiger partial charge in [-0.15, -0.1) is 11.3 Å². The van der Waals surface area contributed by atoms with E-state index >= 15 is 0 Å². The van der Waals surface area contributed by atoms with E-state index in [0.29, 0.717) is 4.88 Å². The second-order valence-corrected chi connectivity index (χ2v) is 5.18. The average molecular weight is 316 g/mol. The second-order valence-electron chi connectivity index (χ2n) is 4.13. The Labute approximate surface area is 130 Å². The molecule has 0 aliphatic rings. The van der Waals surface area contributed by atoms with Crippen molar-refractivity contribution in [3.63, 3.8) is 0 Å². The van der Waals surface area contributed by atoms with E-state index < -0.39 is 12.0 Å². The third-order valence-electron chi connectivity index (χ3n) is 2.62. The predicted molar refractivity (Wildman–Crippen MR) is 83.5 cm³/mol. The number of carbonyl (C=O) groups excluding carboxylic acids is 1. The number of anilines is 1. The first-order chi connectivity index (χ1) is 10.5. The lowest BCUT2D eigenvalue weighted by molar-refractivity contribution is 0.0698. The molecular formula is C15H12N2O4S. The van der Waals surface area contributed by atoms with Crippen LogP contribution < -0.4 is 15.8 Å². The molecule has 6 nitrogen and oxygen atoms in total. The van der Waals surface area contributed by atoms with Gasteiger partial charge in [0.25, 0.3) is 0 Å². The second kappa shape index (κ2) is 6.65. The molecule has 0 bridgehead atoms. The molecule has 0 radical (unpaired) electrons. The summed E-state index contributed by atoms with van der Waals surface area (Å²) in [5, 5.41) is 11.5. The van der Waals surface area contributed by atoms with Gasteiger partial charge in [0.15, 0.2) is 0 Å². The van der Waals surface area contributed by atoms with E-state index in [-0.39, 0.29) is 10.6 Å². The lowest BCUT2D eigenvalue weighted by atomic mass is 10.2. The molecule has 0 unspecified atom stereocenters. The van der Waals surface area contributed by atoms with Gasteiger partial charge in [-0.05, 0) is 30.3 Å². The molecule has 0 spiro atoms. The smallest absolute Gasteiger partial charge is 0.338 e. The largest absolute Gasteiger partial charge is 0.497 e. The van der Waals surface area contributed by atoms with Crippen LogP contribution in [0.3, 0.4) is 0 Å². The number of hydrogen-bond donors (Lipinski definition) is 3. The van der Waals surface area contributed by atoms with Crippen molar-refractivity contribution in [2.75, 3.05) is 12.4 Å². The topological polar surface area (TPSA) is 102 Å². The molecule has 0 aliphatic heterocycles. The molecule has 7 heteroatoms. The predicted octanol–water partition coefficient (Wildman–Crippen LogP) is 2.35. The van der Waals surface area contributed by atoms with Gasteiger partial charge in [-0.3, -0.25) is 5.32 Å². The zero-order chi connectivity index (χ0) is 16.1. The molecule has 0 atom stereocenters. The molecule has 4 N–H and O–H groups in total. The summed E-state index contributed by atoms with van der Waals surface area (Å²) in [6.07, 6.45) is 0. The van der Waals surface area contributed by atoms with Crippen molar-refractivity contribution in [2.24, 2.45) is 5.73 Å². The quantitative estimate of drug-likeness (QED) is 0.756. The number of urea groups is 1. The highest BCUT2D eigenvalue weighted by molar-refractivity contribution is 7.17. The minimum atomic E-state index is -1.16. The summed E-state index contributed by atoms with van der Waals surface area (Å²) < 4.78 is 5.05. The number of thiophene rings is 1. The Kier molecular flexibility index (Phi) is 4.66. The Morgan fingerprint density at radius 3 is 2.50 bits per heavy atom. The molecule has 0 saturated carbocycles. The van der Waals surface area contributed by atoms with Gasteiger partial charge in [-0.25, -0.2) is 9.59 Å². The summed E-state index contributed by atoms with van der Waals surface area (Å²) in [6.45, 7) is 0. The first kappa shape index (κ1) is 15.4. The van der Waals surface area contributed by atoms with E-state index in [1.54, 1.807) is 31.4 Å². The van der Waals surface area contributed by atoms with Crippen molar-refractivity contribution in [3.8, 4) is 17.6 Å². The van der Waals surface area contributed by atoms with Crippen LogP contribution in [0, 0.1) is 11.8 Å². The van der Waals surface area contributed by atoms with E-state index in [2.05, 4.69) is 17.2 Å². The number of carbonyl (C=O) groups is 2. The van der Waals surface area contributed by atoms with Crippen LogP contribution >= 0.6 is 11.3 Å². The third-order valence-corrected chi connectivity index (χ3v) is 3.59. The van der Waals surface area contributed by atoms with E-state index in [1.165, 1.54) is 6.07 Å². The van der Waals surface area contributed by atoms with Gasteiger partial charge in [0.1, 0.15) is 10.8 Å². The molecule has 2 amide bonds. The summed E-state index contributed by atoms with van der Waals surface area (Å²) in [5.74, 6) is 5.34. The minimum Gasteiger partial charge on any atom is -0.497 e. The number of rotatable bonds is 3. The standard InChI is InChI=1S/C15H12N2O4S/c1-21-10-5-2-9(3-6-10)4-7-11-8-12(14(18)19)13(22-11)17-15(16)20/h2-3,5-6,8H,1H3,(H,18,19)(H3,16,17,20). The number of aromatic carboxylic acids is 1. The van der Waals surface area contributed by atoms with E-state index in [9.17, 15) is 9.59 Å². The van der Waals surface area contributed by atoms with Gasteiger partial charge < -0.3 is 15.6 Å². The molecule has 0 aliphatic carbocycles. The van der Waals surface area contributed by atoms with Gasteiger partial charge in [-0.1, -0.05) is 11.8 Å². The molecule has 2 rings (SSSR count). The summed E-state index contributed by atoms with van der Waals surface area (Å²) in [6, 6.07) is 7.72. The SMILES string of the molecule is COc1ccc(C#Cc2cc(C(=O)O)c(NC(N)=O)s2)cc1. The Balaban J connectivity index is 2.27. The first-order valence-electron chi connectivity index (χ1n) is 6.09. The van der Waals surface area contributed by atoms with Crippen molar-refractivity contribution in [1.29, 1.82) is 0 Å². The van der Waals surface area contributed by atoms with Crippen molar-refractivity contribution in [2.45, 2.75) is 0 Å². The van der Waals surface area contributed by atoms with Crippen LogP contribution in [0.1, 0.15) is 20.8 Å². The summed E-state index contributed by atoms with van der Waals surface area (Å²) in [4.78, 5) is 22.5. The van der Waals surface area contributed by atoms with Crippen molar-refractivity contribution < 1.29 is 19.4 Å². The van der Waals surface area contributed by atoms with Gasteiger partial charge in [0.2, 0.25) is 0 Å². The average Bonchev–Trinajstić information content (AvgIpc) is 2.88. The molecule has 1 aromatic heterocycles. The van der Waals surface area contributed by atoms with Gasteiger partial charge >= 0.3 is 12.0 Å². The summed E-state index contributed by atoms with van der Waals surface area (Å²) in [7, 11) is 1.58. The number of methoxy groups -OCH3 is 1. The molecule has 0 saturated heterocycles. The highest BCUT2D eigenvalue weighted by atomic mass is 32.1. The Morgan fingerprint density at radius 2 is 1.95 bits per heavy atom. The summed E-state index contributed by atoms with van der Waals surface area (Å²) >= 11 is 1.05. The number of nitrogens with two attached hydrogens (primary N) is 1. The van der Waals surface area contributed by atoms with Crippen molar-refractivity contribution >= 4 is 28.3 Å². The number of carboxylic acids is 1. The van der Waals surface area contributed by atoms with Crippen LogP contribution in [0.2, 0.25) is 0 Å². The molecule has 0 fully saturated rings. The fourth-order valence-electron chi connectivity index (χ4n) is 1.62. The highest BCUT2D eigenvalue weighted by Crippen LogP contribution is 2.27. The van der Waals surface area contributed by atoms with E-state index in [4.69, 9.17) is 15.6 Å². The Morgan fingerprint density at radius 1 is 1.27 bits per heavy atom. The number of ether oxygens (including phenoxy) is 1. The van der Waals surface area contributed by atoms with Crippen LogP contribution in [-0.2, 0) is 0 Å². The number of amides is 2. The fraction of sp³-hybridized carbons (Fsp3) is 0.0667. The maximum Gasteiger partial charge on any atom is 0.338 e. The molecular weight excluding hydrogens is 304 g/mol. The number of primary amides is 1. The zero-order valence-corrected chi connectivity index (χ0v) is 12.4. The number of benzene rings is 1. The van der Waals surface area contributed by atoms with Crippen LogP contribution in [0.5, 0.6) is 5.75 Å². The molecule has 1 aromatic carbocycles. The van der Waals surface area contributed by atoms with E-state index in [0.717, 1.165) is 22.6 Å². The lowest BCUT2D eigenvalue weighted by Crippen LogP contribution is -2.19.